The minimum Gasteiger partial charge on any atom is -0.487 e. The summed E-state index contributed by atoms with van der Waals surface area (Å²) in [6.07, 6.45) is 1.50. The molecule has 29 heavy (non-hydrogen) atoms. The summed E-state index contributed by atoms with van der Waals surface area (Å²) in [5.41, 5.74) is 9.95. The Labute approximate surface area is 172 Å². The molecule has 0 spiro atoms. The molecule has 0 saturated carbocycles. The number of anilines is 3. The molecule has 0 unspecified atom stereocenters. The van der Waals surface area contributed by atoms with E-state index in [1.165, 1.54) is 18.5 Å². The minimum absolute atomic E-state index is 0.222. The first kappa shape index (κ1) is 19.0. The summed E-state index contributed by atoms with van der Waals surface area (Å²) in [6, 6.07) is 15.4. The number of aryl methyl sites for hydroxylation is 1. The molecule has 0 atom stereocenters. The van der Waals surface area contributed by atoms with Gasteiger partial charge in [-0.05, 0) is 60.5 Å². The van der Waals surface area contributed by atoms with Crippen LogP contribution < -0.4 is 15.8 Å². The zero-order chi connectivity index (χ0) is 20.4. The first-order chi connectivity index (χ1) is 14.0. The van der Waals surface area contributed by atoms with Crippen LogP contribution in [0.1, 0.15) is 11.1 Å². The average molecular weight is 409 g/mol. The molecule has 0 bridgehead atoms. The Hall–Kier alpha value is -3.38. The van der Waals surface area contributed by atoms with Crippen molar-refractivity contribution in [3.05, 3.63) is 82.9 Å². The monoisotopic (exact) mass is 408 g/mol. The van der Waals surface area contributed by atoms with Crippen LogP contribution in [0.2, 0.25) is 5.02 Å². The third-order valence-electron chi connectivity index (χ3n) is 4.50. The largest absolute Gasteiger partial charge is 0.487 e. The molecular weight excluding hydrogens is 391 g/mol. The second-order valence-corrected chi connectivity index (χ2v) is 7.04. The van der Waals surface area contributed by atoms with Gasteiger partial charge in [0.2, 0.25) is 0 Å². The van der Waals surface area contributed by atoms with Crippen molar-refractivity contribution in [3.8, 4) is 5.75 Å². The van der Waals surface area contributed by atoms with Gasteiger partial charge in [-0.1, -0.05) is 23.7 Å². The summed E-state index contributed by atoms with van der Waals surface area (Å²) in [5, 5.41) is 4.50. The lowest BCUT2D eigenvalue weighted by atomic mass is 10.1. The fraction of sp³-hybridized carbons (Fsp3) is 0.0909. The van der Waals surface area contributed by atoms with Crippen LogP contribution in [-0.4, -0.2) is 9.97 Å². The van der Waals surface area contributed by atoms with Gasteiger partial charge in [0.15, 0.2) is 0 Å². The molecule has 3 aromatic carbocycles. The lowest BCUT2D eigenvalue weighted by Gasteiger charge is -2.12. The number of halogens is 2. The Morgan fingerprint density at radius 3 is 2.76 bits per heavy atom. The third-order valence-corrected chi connectivity index (χ3v) is 4.80. The molecule has 0 amide bonds. The Morgan fingerprint density at radius 1 is 1.10 bits per heavy atom. The highest BCUT2D eigenvalue weighted by Gasteiger charge is 2.09. The fourth-order valence-electron chi connectivity index (χ4n) is 2.94. The van der Waals surface area contributed by atoms with E-state index in [9.17, 15) is 4.39 Å². The van der Waals surface area contributed by atoms with E-state index in [-0.39, 0.29) is 12.4 Å². The second kappa shape index (κ2) is 7.93. The third kappa shape index (κ3) is 4.22. The number of nitrogens with one attached hydrogen (secondary N) is 1. The van der Waals surface area contributed by atoms with Gasteiger partial charge in [-0.3, -0.25) is 0 Å². The van der Waals surface area contributed by atoms with Crippen LogP contribution in [0.15, 0.2) is 60.9 Å². The lowest BCUT2D eigenvalue weighted by molar-refractivity contribution is 0.306. The molecule has 1 heterocycles. The average Bonchev–Trinajstić information content (AvgIpc) is 2.69. The number of rotatable bonds is 5. The highest BCUT2D eigenvalue weighted by molar-refractivity contribution is 6.32. The molecule has 0 aliphatic rings. The molecule has 0 radical (unpaired) electrons. The van der Waals surface area contributed by atoms with Crippen molar-refractivity contribution in [2.45, 2.75) is 13.5 Å². The number of nitrogens with zero attached hydrogens (tertiary/aromatic N) is 2. The minimum atomic E-state index is -0.301. The number of hydrogen-bond acceptors (Lipinski definition) is 5. The number of benzene rings is 3. The topological polar surface area (TPSA) is 73.1 Å². The van der Waals surface area contributed by atoms with Gasteiger partial charge in [-0.25, -0.2) is 14.4 Å². The van der Waals surface area contributed by atoms with Gasteiger partial charge < -0.3 is 15.8 Å². The Morgan fingerprint density at radius 2 is 1.97 bits per heavy atom. The maximum absolute atomic E-state index is 13.3. The van der Waals surface area contributed by atoms with Gasteiger partial charge in [0, 0.05) is 16.8 Å². The molecule has 146 valence electrons. The maximum Gasteiger partial charge on any atom is 0.141 e. The van der Waals surface area contributed by atoms with Crippen molar-refractivity contribution in [2.75, 3.05) is 11.1 Å². The zero-order valence-electron chi connectivity index (χ0n) is 15.6. The van der Waals surface area contributed by atoms with Crippen molar-refractivity contribution in [1.29, 1.82) is 0 Å². The lowest BCUT2D eigenvalue weighted by Crippen LogP contribution is -1.99. The molecule has 3 N–H and O–H groups in total. The number of nitrogen functional groups attached to an aromatic ring is 1. The number of hydrogen-bond donors (Lipinski definition) is 2. The van der Waals surface area contributed by atoms with E-state index in [4.69, 9.17) is 22.1 Å². The van der Waals surface area contributed by atoms with Gasteiger partial charge in [0.05, 0.1) is 10.5 Å². The van der Waals surface area contributed by atoms with E-state index in [0.29, 0.717) is 22.3 Å². The quantitative estimate of drug-likeness (QED) is 0.418. The van der Waals surface area contributed by atoms with Gasteiger partial charge in [0.1, 0.15) is 30.3 Å². The molecule has 7 heteroatoms. The van der Waals surface area contributed by atoms with Gasteiger partial charge in [-0.2, -0.15) is 0 Å². The maximum atomic E-state index is 13.3. The number of nitrogens with two attached hydrogens (primary N) is 1. The molecule has 4 rings (SSSR count). The summed E-state index contributed by atoms with van der Waals surface area (Å²) in [6.45, 7) is 2.16. The summed E-state index contributed by atoms with van der Waals surface area (Å²) in [7, 11) is 0. The fourth-order valence-corrected chi connectivity index (χ4v) is 3.18. The van der Waals surface area contributed by atoms with E-state index in [1.54, 1.807) is 24.3 Å². The highest BCUT2D eigenvalue weighted by atomic mass is 35.5. The first-order valence-corrected chi connectivity index (χ1v) is 9.32. The van der Waals surface area contributed by atoms with Gasteiger partial charge in [0.25, 0.3) is 0 Å². The molecule has 0 aliphatic heterocycles. The normalized spacial score (nSPS) is 10.9. The number of fused-ring (bicyclic) bond motifs is 1. The predicted octanol–water partition coefficient (Wildman–Crippen LogP) is 5.64. The van der Waals surface area contributed by atoms with Crippen molar-refractivity contribution in [1.82, 2.24) is 9.97 Å². The van der Waals surface area contributed by atoms with Crippen LogP contribution in [0.3, 0.4) is 0 Å². The van der Waals surface area contributed by atoms with E-state index < -0.39 is 0 Å². The zero-order valence-corrected chi connectivity index (χ0v) is 16.4. The number of ether oxygens (including phenoxy) is 1. The van der Waals surface area contributed by atoms with E-state index in [2.05, 4.69) is 15.3 Å². The summed E-state index contributed by atoms with van der Waals surface area (Å²) < 4.78 is 19.0. The Kier molecular flexibility index (Phi) is 5.18. The van der Waals surface area contributed by atoms with Gasteiger partial charge >= 0.3 is 0 Å². The van der Waals surface area contributed by atoms with E-state index in [1.807, 2.05) is 25.1 Å². The summed E-state index contributed by atoms with van der Waals surface area (Å²) in [4.78, 5) is 8.62. The molecule has 0 fully saturated rings. The van der Waals surface area contributed by atoms with Crippen molar-refractivity contribution < 1.29 is 9.13 Å². The number of aromatic nitrogens is 2. The van der Waals surface area contributed by atoms with Crippen LogP contribution in [-0.2, 0) is 6.61 Å². The summed E-state index contributed by atoms with van der Waals surface area (Å²) in [5.74, 6) is 0.838. The molecule has 4 aromatic rings. The van der Waals surface area contributed by atoms with Crippen LogP contribution in [0, 0.1) is 12.7 Å². The Bertz CT molecular complexity index is 1200. The predicted molar refractivity (Wildman–Crippen MR) is 114 cm³/mol. The molecule has 1 aromatic heterocycles. The molecular formula is C22H18ClFN4O. The van der Waals surface area contributed by atoms with Crippen molar-refractivity contribution in [3.63, 3.8) is 0 Å². The SMILES string of the molecule is Cc1cc2ncnc(Nc3ccc(OCc4cccc(F)c4)c(Cl)c3)c2cc1N. The molecule has 5 nitrogen and oxygen atoms in total. The summed E-state index contributed by atoms with van der Waals surface area (Å²) >= 11 is 6.37. The first-order valence-electron chi connectivity index (χ1n) is 8.94. The van der Waals surface area contributed by atoms with E-state index >= 15 is 0 Å². The smallest absolute Gasteiger partial charge is 0.141 e. The highest BCUT2D eigenvalue weighted by Crippen LogP contribution is 2.31. The van der Waals surface area contributed by atoms with Crippen LogP contribution in [0.4, 0.5) is 21.6 Å². The second-order valence-electron chi connectivity index (χ2n) is 6.64. The molecule has 0 saturated heterocycles. The van der Waals surface area contributed by atoms with Crippen LogP contribution in [0.25, 0.3) is 10.9 Å². The van der Waals surface area contributed by atoms with Gasteiger partial charge in [-0.15, -0.1) is 0 Å². The van der Waals surface area contributed by atoms with E-state index in [0.717, 1.165) is 27.7 Å². The van der Waals surface area contributed by atoms with Crippen molar-refractivity contribution >= 4 is 39.7 Å². The standard InChI is InChI=1S/C22H18ClFN4O/c1-13-7-20-17(10-19(13)25)22(27-12-26-20)28-16-5-6-21(18(23)9-16)29-11-14-3-2-4-15(24)8-14/h2-10,12H,11,25H2,1H3,(H,26,27,28). The van der Waals surface area contributed by atoms with Crippen LogP contribution in [0.5, 0.6) is 5.75 Å². The van der Waals surface area contributed by atoms with Crippen molar-refractivity contribution in [2.24, 2.45) is 0 Å². The molecule has 0 aliphatic carbocycles. The Balaban J connectivity index is 1.54. The van der Waals surface area contributed by atoms with Crippen LogP contribution >= 0.6 is 11.6 Å².